The van der Waals surface area contributed by atoms with Crippen LogP contribution in [-0.2, 0) is 9.53 Å². The first-order valence-electron chi connectivity index (χ1n) is 6.18. The van der Waals surface area contributed by atoms with Crippen LogP contribution in [0.25, 0.3) is 0 Å². The molecule has 1 heterocycles. The number of carboxylic acids is 1. The number of amides is 2. The van der Waals surface area contributed by atoms with Crippen LogP contribution in [0.3, 0.4) is 0 Å². The fraction of sp³-hybridized carbons (Fsp3) is 0.833. The van der Waals surface area contributed by atoms with Gasteiger partial charge >= 0.3 is 12.0 Å². The van der Waals surface area contributed by atoms with Crippen molar-refractivity contribution in [2.24, 2.45) is 5.41 Å². The molecule has 2 amide bonds. The maximum atomic E-state index is 12.1. The number of ether oxygens (including phenoxy) is 1. The lowest BCUT2D eigenvalue weighted by Gasteiger charge is -2.22. The number of nitrogens with zero attached hydrogens (tertiary/aromatic N) is 1. The number of carboxylic acid groups (broad SMARTS) is 1. The molecule has 1 aliphatic carbocycles. The van der Waals surface area contributed by atoms with E-state index in [-0.39, 0.29) is 23.6 Å². The zero-order valence-corrected chi connectivity index (χ0v) is 11.0. The van der Waals surface area contributed by atoms with Crippen molar-refractivity contribution >= 4 is 12.0 Å². The van der Waals surface area contributed by atoms with Gasteiger partial charge in [-0.1, -0.05) is 13.8 Å². The number of hydrogen-bond acceptors (Lipinski definition) is 3. The molecule has 2 N–H and O–H groups in total. The molecule has 6 nitrogen and oxygen atoms in total. The number of carbonyl (C=O) groups is 2. The van der Waals surface area contributed by atoms with Crippen molar-refractivity contribution in [1.29, 1.82) is 0 Å². The van der Waals surface area contributed by atoms with Gasteiger partial charge in [-0.3, -0.25) is 0 Å². The molecule has 3 atom stereocenters. The molecule has 2 fully saturated rings. The molecular formula is C12H20N2O4. The standard InChI is InChI=1S/C12H20N2O4/c1-12(2)5-9(12)13-11(17)14-6-7(18-3)4-8(14)10(15)16/h7-9H,4-6H2,1-3H3,(H,13,17)(H,15,16). The summed E-state index contributed by atoms with van der Waals surface area (Å²) in [6, 6.07) is -0.921. The first-order chi connectivity index (χ1) is 8.35. The second kappa shape index (κ2) is 4.42. The Hall–Kier alpha value is -1.30. The zero-order chi connectivity index (χ0) is 13.5. The van der Waals surface area contributed by atoms with Crippen LogP contribution < -0.4 is 5.32 Å². The Kier molecular flexibility index (Phi) is 3.23. The smallest absolute Gasteiger partial charge is 0.326 e. The average molecular weight is 256 g/mol. The Morgan fingerprint density at radius 1 is 1.44 bits per heavy atom. The molecule has 0 bridgehead atoms. The van der Waals surface area contributed by atoms with Gasteiger partial charge in [-0.2, -0.15) is 0 Å². The van der Waals surface area contributed by atoms with Crippen LogP contribution in [0.1, 0.15) is 26.7 Å². The minimum absolute atomic E-state index is 0.134. The van der Waals surface area contributed by atoms with Crippen LogP contribution in [0.4, 0.5) is 4.79 Å². The summed E-state index contributed by atoms with van der Waals surface area (Å²) < 4.78 is 5.15. The van der Waals surface area contributed by atoms with Crippen LogP contribution in [0.15, 0.2) is 0 Å². The lowest BCUT2D eigenvalue weighted by Crippen LogP contribution is -2.47. The fourth-order valence-electron chi connectivity index (χ4n) is 2.37. The van der Waals surface area contributed by atoms with E-state index in [9.17, 15) is 9.59 Å². The third-order valence-electron chi connectivity index (χ3n) is 3.95. The molecule has 18 heavy (non-hydrogen) atoms. The lowest BCUT2D eigenvalue weighted by molar-refractivity contribution is -0.141. The zero-order valence-electron chi connectivity index (χ0n) is 11.0. The average Bonchev–Trinajstić information content (AvgIpc) is 2.76. The Morgan fingerprint density at radius 3 is 2.50 bits per heavy atom. The molecule has 1 aliphatic heterocycles. The van der Waals surface area contributed by atoms with Crippen molar-refractivity contribution in [2.75, 3.05) is 13.7 Å². The summed E-state index contributed by atoms with van der Waals surface area (Å²) in [7, 11) is 1.54. The lowest BCUT2D eigenvalue weighted by atomic mass is 10.2. The third-order valence-corrected chi connectivity index (χ3v) is 3.95. The molecule has 0 aromatic carbocycles. The van der Waals surface area contributed by atoms with Gasteiger partial charge in [0.2, 0.25) is 0 Å². The highest BCUT2D eigenvalue weighted by molar-refractivity contribution is 5.83. The molecule has 2 aliphatic rings. The van der Waals surface area contributed by atoms with Gasteiger partial charge in [0.1, 0.15) is 6.04 Å². The molecule has 1 saturated carbocycles. The van der Waals surface area contributed by atoms with E-state index in [0.29, 0.717) is 13.0 Å². The third kappa shape index (κ3) is 2.43. The Labute approximate surface area is 106 Å². The van der Waals surface area contributed by atoms with E-state index in [0.717, 1.165) is 6.42 Å². The van der Waals surface area contributed by atoms with Gasteiger partial charge < -0.3 is 20.1 Å². The number of likely N-dealkylation sites (tertiary alicyclic amines) is 1. The molecule has 6 heteroatoms. The maximum Gasteiger partial charge on any atom is 0.326 e. The van der Waals surface area contributed by atoms with E-state index in [1.807, 2.05) is 0 Å². The molecular weight excluding hydrogens is 236 g/mol. The maximum absolute atomic E-state index is 12.1. The minimum Gasteiger partial charge on any atom is -0.480 e. The van der Waals surface area contributed by atoms with Gasteiger partial charge in [-0.15, -0.1) is 0 Å². The SMILES string of the molecule is COC1CC(C(=O)O)N(C(=O)NC2CC2(C)C)C1. The Balaban J connectivity index is 1.97. The summed E-state index contributed by atoms with van der Waals surface area (Å²) in [6.07, 6.45) is 1.11. The minimum atomic E-state index is -0.972. The molecule has 0 aromatic rings. The van der Waals surface area contributed by atoms with Gasteiger partial charge in [0, 0.05) is 26.1 Å². The Bertz CT molecular complexity index is 369. The van der Waals surface area contributed by atoms with E-state index in [1.165, 1.54) is 12.0 Å². The number of aliphatic carboxylic acids is 1. The Morgan fingerprint density at radius 2 is 2.06 bits per heavy atom. The second-order valence-electron chi connectivity index (χ2n) is 5.79. The van der Waals surface area contributed by atoms with Crippen LogP contribution >= 0.6 is 0 Å². The van der Waals surface area contributed by atoms with E-state index in [2.05, 4.69) is 19.2 Å². The normalized spacial score (nSPS) is 33.3. The van der Waals surface area contributed by atoms with Crippen LogP contribution in [0.5, 0.6) is 0 Å². The highest BCUT2D eigenvalue weighted by atomic mass is 16.5. The molecule has 0 aromatic heterocycles. The highest BCUT2D eigenvalue weighted by Gasteiger charge is 2.48. The number of nitrogens with one attached hydrogen (secondary N) is 1. The number of rotatable bonds is 3. The van der Waals surface area contributed by atoms with Crippen molar-refractivity contribution in [2.45, 2.75) is 44.9 Å². The number of hydrogen-bond donors (Lipinski definition) is 2. The van der Waals surface area contributed by atoms with Crippen molar-refractivity contribution < 1.29 is 19.4 Å². The first-order valence-corrected chi connectivity index (χ1v) is 6.18. The van der Waals surface area contributed by atoms with Crippen LogP contribution in [0, 0.1) is 5.41 Å². The summed E-state index contributed by atoms with van der Waals surface area (Å²) in [6.45, 7) is 4.50. The monoisotopic (exact) mass is 256 g/mol. The molecule has 1 saturated heterocycles. The number of urea groups is 1. The summed E-state index contributed by atoms with van der Waals surface area (Å²) in [5.74, 6) is -0.972. The van der Waals surface area contributed by atoms with E-state index < -0.39 is 12.0 Å². The van der Waals surface area contributed by atoms with Crippen molar-refractivity contribution in [3.8, 4) is 0 Å². The second-order valence-corrected chi connectivity index (χ2v) is 5.79. The van der Waals surface area contributed by atoms with Gasteiger partial charge in [-0.05, 0) is 11.8 Å². The molecule has 0 spiro atoms. The van der Waals surface area contributed by atoms with E-state index in [4.69, 9.17) is 9.84 Å². The molecule has 3 unspecified atom stereocenters. The van der Waals surface area contributed by atoms with Crippen LogP contribution in [-0.4, -0.2) is 53.8 Å². The molecule has 102 valence electrons. The summed E-state index contributed by atoms with van der Waals surface area (Å²) in [5.41, 5.74) is 0.134. The van der Waals surface area contributed by atoms with Crippen LogP contribution in [0.2, 0.25) is 0 Å². The topological polar surface area (TPSA) is 78.9 Å². The summed E-state index contributed by atoms with van der Waals surface area (Å²) in [5, 5.41) is 12.0. The molecule has 0 radical (unpaired) electrons. The quantitative estimate of drug-likeness (QED) is 0.778. The van der Waals surface area contributed by atoms with Crippen molar-refractivity contribution in [3.63, 3.8) is 0 Å². The van der Waals surface area contributed by atoms with Gasteiger partial charge in [0.05, 0.1) is 6.10 Å². The van der Waals surface area contributed by atoms with E-state index >= 15 is 0 Å². The largest absolute Gasteiger partial charge is 0.480 e. The van der Waals surface area contributed by atoms with Crippen molar-refractivity contribution in [1.82, 2.24) is 10.2 Å². The molecule has 2 rings (SSSR count). The number of methoxy groups -OCH3 is 1. The number of carbonyl (C=O) groups excluding carboxylic acids is 1. The summed E-state index contributed by atoms with van der Waals surface area (Å²) >= 11 is 0. The predicted molar refractivity (Wildman–Crippen MR) is 64.3 cm³/mol. The highest BCUT2D eigenvalue weighted by Crippen LogP contribution is 2.44. The van der Waals surface area contributed by atoms with Gasteiger partial charge in [0.15, 0.2) is 0 Å². The van der Waals surface area contributed by atoms with Gasteiger partial charge in [0.25, 0.3) is 0 Å². The van der Waals surface area contributed by atoms with Gasteiger partial charge in [-0.25, -0.2) is 9.59 Å². The first kappa shape index (κ1) is 13.1. The fourth-order valence-corrected chi connectivity index (χ4v) is 2.37. The van der Waals surface area contributed by atoms with E-state index in [1.54, 1.807) is 0 Å². The summed E-state index contributed by atoms with van der Waals surface area (Å²) in [4.78, 5) is 24.6. The predicted octanol–water partition coefficient (Wildman–Crippen LogP) is 0.668. The van der Waals surface area contributed by atoms with Crippen molar-refractivity contribution in [3.05, 3.63) is 0 Å².